The average Bonchev–Trinajstić information content (AvgIpc) is 3.18. The summed E-state index contributed by atoms with van der Waals surface area (Å²) in [7, 11) is 3.75. The van der Waals surface area contributed by atoms with Gasteiger partial charge in [-0.1, -0.05) is 56.3 Å². The second-order valence-electron chi connectivity index (χ2n) is 6.27. The molecule has 1 heterocycles. The Morgan fingerprint density at radius 3 is 1.92 bits per heavy atom. The van der Waals surface area contributed by atoms with E-state index in [9.17, 15) is 0 Å². The Morgan fingerprint density at radius 2 is 1.42 bits per heavy atom. The molecule has 0 saturated carbocycles. The zero-order valence-electron chi connectivity index (χ0n) is 16.6. The molecule has 0 aliphatic heterocycles. The molecule has 0 aliphatic rings. The van der Waals surface area contributed by atoms with Gasteiger partial charge in [-0.2, -0.15) is 0 Å². The highest BCUT2D eigenvalue weighted by molar-refractivity contribution is 5.79. The fourth-order valence-electron chi connectivity index (χ4n) is 3.28. The van der Waals surface area contributed by atoms with E-state index >= 15 is 0 Å². The summed E-state index contributed by atoms with van der Waals surface area (Å²) in [5.74, 6) is 0.864. The van der Waals surface area contributed by atoms with E-state index in [2.05, 4.69) is 55.5 Å². The van der Waals surface area contributed by atoms with E-state index in [1.54, 1.807) is 0 Å². The van der Waals surface area contributed by atoms with Crippen LogP contribution in [0.2, 0.25) is 0 Å². The van der Waals surface area contributed by atoms with Crippen LogP contribution in [0.3, 0.4) is 0 Å². The first-order chi connectivity index (χ1) is 12.7. The number of aromatic nitrogens is 1. The van der Waals surface area contributed by atoms with Crippen molar-refractivity contribution in [3.63, 3.8) is 0 Å². The molecule has 3 heteroatoms. The number of nitrogens with one attached hydrogen (secondary N) is 1. The molecule has 26 heavy (non-hydrogen) atoms. The molecule has 3 aromatic rings. The number of rotatable bonds is 5. The third kappa shape index (κ3) is 4.41. The standard InChI is InChI=1S/C21H23NO.C2H7N/c1-4-15-12-18(13-16(5-2)19(15)6-3)21-20(14-22-23-21)17-10-8-7-9-11-17;1-3-2/h7-14H,4-6H2,1-3H3;3H,1-2H3. The maximum atomic E-state index is 5.63. The van der Waals surface area contributed by atoms with Crippen molar-refractivity contribution in [1.82, 2.24) is 10.5 Å². The molecule has 2 aromatic carbocycles. The van der Waals surface area contributed by atoms with Gasteiger partial charge in [0.15, 0.2) is 5.76 Å². The van der Waals surface area contributed by atoms with Crippen molar-refractivity contribution in [2.75, 3.05) is 14.1 Å². The maximum Gasteiger partial charge on any atom is 0.174 e. The molecule has 0 unspecified atom stereocenters. The van der Waals surface area contributed by atoms with Crippen LogP contribution in [0.15, 0.2) is 53.2 Å². The number of hydrogen-bond donors (Lipinski definition) is 1. The predicted octanol–water partition coefficient (Wildman–Crippen LogP) is 5.53. The number of nitrogens with zero attached hydrogens (tertiary/aromatic N) is 1. The van der Waals surface area contributed by atoms with Crippen LogP contribution in [0, 0.1) is 0 Å². The Hall–Kier alpha value is -2.39. The Labute approximate surface area is 157 Å². The Morgan fingerprint density at radius 1 is 0.846 bits per heavy atom. The van der Waals surface area contributed by atoms with Gasteiger partial charge in [0.1, 0.15) is 0 Å². The summed E-state index contributed by atoms with van der Waals surface area (Å²) in [6.45, 7) is 6.67. The van der Waals surface area contributed by atoms with Crippen molar-refractivity contribution in [3.05, 3.63) is 65.4 Å². The molecule has 1 aromatic heterocycles. The molecule has 0 spiro atoms. The van der Waals surface area contributed by atoms with Crippen molar-refractivity contribution in [2.24, 2.45) is 0 Å². The summed E-state index contributed by atoms with van der Waals surface area (Å²) in [4.78, 5) is 0. The van der Waals surface area contributed by atoms with Crippen molar-refractivity contribution in [3.8, 4) is 22.5 Å². The molecule has 138 valence electrons. The lowest BCUT2D eigenvalue weighted by atomic mass is 9.91. The lowest BCUT2D eigenvalue weighted by molar-refractivity contribution is 0.432. The second kappa shape index (κ2) is 9.93. The van der Waals surface area contributed by atoms with E-state index in [-0.39, 0.29) is 0 Å². The van der Waals surface area contributed by atoms with E-state index < -0.39 is 0 Å². The van der Waals surface area contributed by atoms with Crippen LogP contribution in [0.4, 0.5) is 0 Å². The summed E-state index contributed by atoms with van der Waals surface area (Å²) < 4.78 is 5.63. The van der Waals surface area contributed by atoms with E-state index in [1.165, 1.54) is 16.7 Å². The molecule has 0 amide bonds. The summed E-state index contributed by atoms with van der Waals surface area (Å²) in [5, 5.41) is 6.80. The largest absolute Gasteiger partial charge is 0.356 e. The minimum Gasteiger partial charge on any atom is -0.356 e. The van der Waals surface area contributed by atoms with Gasteiger partial charge in [-0.25, -0.2) is 0 Å². The number of benzene rings is 2. The van der Waals surface area contributed by atoms with Gasteiger partial charge in [0, 0.05) is 11.1 Å². The molecule has 0 radical (unpaired) electrons. The summed E-state index contributed by atoms with van der Waals surface area (Å²) in [6.07, 6.45) is 4.97. The second-order valence-corrected chi connectivity index (χ2v) is 6.27. The van der Waals surface area contributed by atoms with Gasteiger partial charge >= 0.3 is 0 Å². The number of aryl methyl sites for hydroxylation is 2. The molecule has 0 saturated heterocycles. The minimum atomic E-state index is 0.864. The molecular formula is C23H30N2O. The van der Waals surface area contributed by atoms with Crippen LogP contribution in [-0.4, -0.2) is 19.3 Å². The SMILES string of the molecule is CCc1cc(-c2oncc2-c2ccccc2)cc(CC)c1CC.CNC. The first-order valence-electron chi connectivity index (χ1n) is 9.43. The Balaban J connectivity index is 0.000000758. The van der Waals surface area contributed by atoms with E-state index in [0.29, 0.717) is 0 Å². The highest BCUT2D eigenvalue weighted by Crippen LogP contribution is 2.34. The highest BCUT2D eigenvalue weighted by Gasteiger charge is 2.16. The Bertz CT molecular complexity index is 781. The third-order valence-electron chi connectivity index (χ3n) is 4.47. The van der Waals surface area contributed by atoms with Gasteiger partial charge in [-0.3, -0.25) is 0 Å². The predicted molar refractivity (Wildman–Crippen MR) is 110 cm³/mol. The molecule has 1 N–H and O–H groups in total. The molecular weight excluding hydrogens is 320 g/mol. The quantitative estimate of drug-likeness (QED) is 0.657. The highest BCUT2D eigenvalue weighted by atomic mass is 16.5. The van der Waals surface area contributed by atoms with Gasteiger partial charge in [-0.15, -0.1) is 0 Å². The molecule has 0 bridgehead atoms. The Kier molecular flexibility index (Phi) is 7.61. The average molecular weight is 351 g/mol. The van der Waals surface area contributed by atoms with E-state index in [1.807, 2.05) is 38.5 Å². The van der Waals surface area contributed by atoms with Crippen LogP contribution in [0.1, 0.15) is 37.5 Å². The molecule has 0 aliphatic carbocycles. The van der Waals surface area contributed by atoms with E-state index in [4.69, 9.17) is 4.52 Å². The first-order valence-corrected chi connectivity index (χ1v) is 9.43. The van der Waals surface area contributed by atoms with Crippen molar-refractivity contribution in [1.29, 1.82) is 0 Å². The summed E-state index contributed by atoms with van der Waals surface area (Å²) in [6, 6.07) is 14.8. The van der Waals surface area contributed by atoms with Gasteiger partial charge in [0.25, 0.3) is 0 Å². The van der Waals surface area contributed by atoms with Gasteiger partial charge < -0.3 is 9.84 Å². The maximum absolute atomic E-state index is 5.63. The number of hydrogen-bond acceptors (Lipinski definition) is 3. The minimum absolute atomic E-state index is 0.864. The first kappa shape index (κ1) is 19.9. The van der Waals surface area contributed by atoms with Crippen molar-refractivity contribution >= 4 is 0 Å². The molecule has 3 nitrogen and oxygen atoms in total. The van der Waals surface area contributed by atoms with Crippen LogP contribution < -0.4 is 5.32 Å². The molecule has 0 atom stereocenters. The van der Waals surface area contributed by atoms with Gasteiger partial charge in [0.05, 0.1) is 6.20 Å². The van der Waals surface area contributed by atoms with E-state index in [0.717, 1.165) is 41.7 Å². The normalized spacial score (nSPS) is 10.3. The zero-order valence-corrected chi connectivity index (χ0v) is 16.6. The molecule has 0 fully saturated rings. The van der Waals surface area contributed by atoms with Gasteiger partial charge in [0.2, 0.25) is 0 Å². The third-order valence-corrected chi connectivity index (χ3v) is 4.47. The lowest BCUT2D eigenvalue weighted by Gasteiger charge is -2.14. The van der Waals surface area contributed by atoms with Crippen LogP contribution in [0.25, 0.3) is 22.5 Å². The summed E-state index contributed by atoms with van der Waals surface area (Å²) >= 11 is 0. The van der Waals surface area contributed by atoms with Gasteiger partial charge in [-0.05, 0) is 67.7 Å². The smallest absolute Gasteiger partial charge is 0.174 e. The fraction of sp³-hybridized carbons (Fsp3) is 0.348. The topological polar surface area (TPSA) is 38.1 Å². The monoisotopic (exact) mass is 350 g/mol. The van der Waals surface area contributed by atoms with Crippen LogP contribution in [0.5, 0.6) is 0 Å². The lowest BCUT2D eigenvalue weighted by Crippen LogP contribution is -1.99. The zero-order chi connectivity index (χ0) is 18.9. The van der Waals surface area contributed by atoms with Crippen molar-refractivity contribution < 1.29 is 4.52 Å². The summed E-state index contributed by atoms with van der Waals surface area (Å²) in [5.41, 5.74) is 7.64. The fourth-order valence-corrected chi connectivity index (χ4v) is 3.28. The molecule has 3 rings (SSSR count). The van der Waals surface area contributed by atoms with Crippen LogP contribution in [-0.2, 0) is 19.3 Å². The van der Waals surface area contributed by atoms with Crippen molar-refractivity contribution in [2.45, 2.75) is 40.0 Å². The van der Waals surface area contributed by atoms with Crippen LogP contribution >= 0.6 is 0 Å².